The Hall–Kier alpha value is -1.66. The van der Waals surface area contributed by atoms with Crippen molar-refractivity contribution in [1.29, 1.82) is 0 Å². The van der Waals surface area contributed by atoms with E-state index in [1.807, 2.05) is 18.2 Å². The number of carbonyl (C=O) groups is 1. The molecule has 6 heteroatoms. The number of rotatable bonds is 4. The van der Waals surface area contributed by atoms with Gasteiger partial charge in [0.05, 0.1) is 6.61 Å². The molecule has 1 aromatic rings. The molecule has 0 amide bonds. The zero-order valence-corrected chi connectivity index (χ0v) is 10.4. The fraction of sp³-hybridized carbons (Fsp3) is 0.250. The van der Waals surface area contributed by atoms with Crippen molar-refractivity contribution in [2.75, 3.05) is 6.61 Å². The number of ether oxygens (including phenoxy) is 1. The van der Waals surface area contributed by atoms with Gasteiger partial charge in [-0.3, -0.25) is 4.79 Å². The minimum Gasteiger partial charge on any atom is -0.464 e. The summed E-state index contributed by atoms with van der Waals surface area (Å²) in [7, 11) is -3.63. The predicted molar refractivity (Wildman–Crippen MR) is 66.9 cm³/mol. The lowest BCUT2D eigenvalue weighted by atomic mass is 10.2. The summed E-state index contributed by atoms with van der Waals surface area (Å²) in [6.07, 6.45) is 1.85. The van der Waals surface area contributed by atoms with Gasteiger partial charge in [0.25, 0.3) is 0 Å². The number of carbonyl (C=O) groups excluding carboxylic acids is 1. The van der Waals surface area contributed by atoms with Gasteiger partial charge in [0.2, 0.25) is 10.0 Å². The second-order valence-electron chi connectivity index (χ2n) is 3.89. The second-order valence-corrected chi connectivity index (χ2v) is 5.48. The molecule has 1 N–H and O–H groups in total. The zero-order valence-electron chi connectivity index (χ0n) is 9.57. The lowest BCUT2D eigenvalue weighted by molar-refractivity contribution is -0.139. The number of benzene rings is 1. The molecule has 18 heavy (non-hydrogen) atoms. The molecule has 0 aliphatic carbocycles. The molecule has 5 nitrogen and oxygen atoms in total. The van der Waals surface area contributed by atoms with Crippen LogP contribution in [0.1, 0.15) is 12.0 Å². The molecule has 0 aromatic heterocycles. The van der Waals surface area contributed by atoms with Gasteiger partial charge in [-0.15, -0.1) is 0 Å². The molecule has 2 rings (SSSR count). The summed E-state index contributed by atoms with van der Waals surface area (Å²) in [5.41, 5.74) is 0.775. The maximum atomic E-state index is 11.7. The van der Waals surface area contributed by atoms with E-state index in [9.17, 15) is 13.2 Å². The molecule has 1 saturated heterocycles. The Morgan fingerprint density at radius 1 is 1.28 bits per heavy atom. The molecule has 0 unspecified atom stereocenters. The van der Waals surface area contributed by atoms with Gasteiger partial charge in [-0.2, -0.15) is 4.72 Å². The van der Waals surface area contributed by atoms with Crippen LogP contribution in [0.5, 0.6) is 0 Å². The van der Waals surface area contributed by atoms with Crippen molar-refractivity contribution in [3.05, 3.63) is 41.3 Å². The Kier molecular flexibility index (Phi) is 3.78. The summed E-state index contributed by atoms with van der Waals surface area (Å²) in [6.45, 7) is 0.258. The summed E-state index contributed by atoms with van der Waals surface area (Å²) in [6, 6.07) is 8.28. The Balaban J connectivity index is 2.03. The second kappa shape index (κ2) is 5.32. The minimum absolute atomic E-state index is 0.258. The molecule has 0 bridgehead atoms. The lowest BCUT2D eigenvalue weighted by Crippen LogP contribution is -2.36. The minimum atomic E-state index is -3.63. The average Bonchev–Trinajstić information content (AvgIpc) is 2.73. The first-order valence-corrected chi connectivity index (χ1v) is 7.03. The van der Waals surface area contributed by atoms with Crippen molar-refractivity contribution in [1.82, 2.24) is 4.72 Å². The van der Waals surface area contributed by atoms with Gasteiger partial charge in [-0.1, -0.05) is 30.3 Å². The van der Waals surface area contributed by atoms with Crippen LogP contribution in [-0.2, 0) is 19.6 Å². The first kappa shape index (κ1) is 12.8. The third-order valence-electron chi connectivity index (χ3n) is 2.48. The smallest absolute Gasteiger partial charge is 0.324 e. The molecule has 0 saturated carbocycles. The summed E-state index contributed by atoms with van der Waals surface area (Å²) in [5, 5.41) is 1.05. The van der Waals surface area contributed by atoms with Crippen LogP contribution in [0.4, 0.5) is 0 Å². The Morgan fingerprint density at radius 2 is 2.00 bits per heavy atom. The molecule has 1 aromatic carbocycles. The van der Waals surface area contributed by atoms with E-state index >= 15 is 0 Å². The van der Waals surface area contributed by atoms with Crippen molar-refractivity contribution in [2.24, 2.45) is 0 Å². The van der Waals surface area contributed by atoms with Gasteiger partial charge < -0.3 is 4.74 Å². The first-order valence-electron chi connectivity index (χ1n) is 5.49. The molecule has 0 spiro atoms. The summed E-state index contributed by atoms with van der Waals surface area (Å²) < 4.78 is 30.4. The summed E-state index contributed by atoms with van der Waals surface area (Å²) in [4.78, 5) is 11.2. The Labute approximate surface area is 106 Å². The van der Waals surface area contributed by atoms with Crippen molar-refractivity contribution in [2.45, 2.75) is 12.5 Å². The predicted octanol–water partition coefficient (Wildman–Crippen LogP) is 0.892. The van der Waals surface area contributed by atoms with Crippen LogP contribution < -0.4 is 4.72 Å². The largest absolute Gasteiger partial charge is 0.464 e. The maximum Gasteiger partial charge on any atom is 0.324 e. The van der Waals surface area contributed by atoms with Crippen LogP contribution in [0.25, 0.3) is 6.08 Å². The molecule has 96 valence electrons. The van der Waals surface area contributed by atoms with Crippen molar-refractivity contribution < 1.29 is 17.9 Å². The van der Waals surface area contributed by atoms with Crippen LogP contribution in [0, 0.1) is 0 Å². The SMILES string of the molecule is O=C1OCC[C@@H]1NS(=O)(=O)/C=C/c1ccccc1. The first-order chi connectivity index (χ1) is 8.57. The highest BCUT2D eigenvalue weighted by Gasteiger charge is 2.29. The monoisotopic (exact) mass is 267 g/mol. The van der Waals surface area contributed by atoms with Crippen LogP contribution in [0.15, 0.2) is 35.7 Å². The normalized spacial score (nSPS) is 20.2. The topological polar surface area (TPSA) is 72.5 Å². The third-order valence-corrected chi connectivity index (χ3v) is 3.59. The van der Waals surface area contributed by atoms with E-state index < -0.39 is 22.0 Å². The fourth-order valence-electron chi connectivity index (χ4n) is 1.57. The highest BCUT2D eigenvalue weighted by atomic mass is 32.2. The number of hydrogen-bond donors (Lipinski definition) is 1. The van der Waals surface area contributed by atoms with Gasteiger partial charge in [-0.05, 0) is 11.6 Å². The molecular weight excluding hydrogens is 254 g/mol. The number of nitrogens with one attached hydrogen (secondary N) is 1. The molecule has 1 atom stereocenters. The standard InChI is InChI=1S/C12H13NO4S/c14-12-11(6-8-17-12)13-18(15,16)9-7-10-4-2-1-3-5-10/h1-5,7,9,11,13H,6,8H2/b9-7+/t11-/m0/s1. The van der Waals surface area contributed by atoms with Crippen molar-refractivity contribution >= 4 is 22.1 Å². The van der Waals surface area contributed by atoms with Crippen LogP contribution in [0.2, 0.25) is 0 Å². The van der Waals surface area contributed by atoms with Gasteiger partial charge in [0.15, 0.2) is 0 Å². The van der Waals surface area contributed by atoms with Crippen LogP contribution in [0.3, 0.4) is 0 Å². The number of cyclic esters (lactones) is 1. The maximum absolute atomic E-state index is 11.7. The molecule has 1 aliphatic rings. The molecular formula is C12H13NO4S. The van der Waals surface area contributed by atoms with Gasteiger partial charge in [0.1, 0.15) is 6.04 Å². The summed E-state index contributed by atoms with van der Waals surface area (Å²) >= 11 is 0. The van der Waals surface area contributed by atoms with Gasteiger partial charge in [-0.25, -0.2) is 8.42 Å². The lowest BCUT2D eigenvalue weighted by Gasteiger charge is -2.05. The molecule has 1 aliphatic heterocycles. The van der Waals surface area contributed by atoms with E-state index in [2.05, 4.69) is 9.46 Å². The van der Waals surface area contributed by atoms with E-state index in [0.717, 1.165) is 11.0 Å². The fourth-order valence-corrected chi connectivity index (χ4v) is 2.60. The van der Waals surface area contributed by atoms with E-state index in [1.54, 1.807) is 12.1 Å². The van der Waals surface area contributed by atoms with Gasteiger partial charge in [0, 0.05) is 11.8 Å². The van der Waals surface area contributed by atoms with Crippen molar-refractivity contribution in [3.63, 3.8) is 0 Å². The number of hydrogen-bond acceptors (Lipinski definition) is 4. The molecule has 1 fully saturated rings. The van der Waals surface area contributed by atoms with E-state index in [0.29, 0.717) is 6.42 Å². The summed E-state index contributed by atoms with van der Waals surface area (Å²) in [5.74, 6) is -0.522. The Morgan fingerprint density at radius 3 is 2.61 bits per heavy atom. The van der Waals surface area contributed by atoms with E-state index in [-0.39, 0.29) is 6.61 Å². The van der Waals surface area contributed by atoms with Crippen LogP contribution in [-0.4, -0.2) is 27.0 Å². The van der Waals surface area contributed by atoms with E-state index in [4.69, 9.17) is 0 Å². The highest BCUT2D eigenvalue weighted by Crippen LogP contribution is 2.09. The average molecular weight is 267 g/mol. The number of sulfonamides is 1. The van der Waals surface area contributed by atoms with Crippen molar-refractivity contribution in [3.8, 4) is 0 Å². The quantitative estimate of drug-likeness (QED) is 0.822. The third kappa shape index (κ3) is 3.41. The zero-order chi connectivity index (χ0) is 13.0. The van der Waals surface area contributed by atoms with Crippen LogP contribution >= 0.6 is 0 Å². The number of esters is 1. The van der Waals surface area contributed by atoms with Gasteiger partial charge >= 0.3 is 5.97 Å². The Bertz CT molecular complexity index is 551. The highest BCUT2D eigenvalue weighted by molar-refractivity contribution is 7.92. The molecule has 0 radical (unpaired) electrons. The van der Waals surface area contributed by atoms with E-state index in [1.165, 1.54) is 6.08 Å². The molecule has 1 heterocycles.